The van der Waals surface area contributed by atoms with Crippen LogP contribution in [-0.2, 0) is 4.74 Å². The molecule has 1 heterocycles. The lowest BCUT2D eigenvalue weighted by atomic mass is 10.1. The van der Waals surface area contributed by atoms with Gasteiger partial charge in [-0.3, -0.25) is 0 Å². The molecule has 0 aliphatic heterocycles. The van der Waals surface area contributed by atoms with E-state index in [0.717, 1.165) is 5.69 Å². The van der Waals surface area contributed by atoms with Gasteiger partial charge in [0.05, 0.1) is 12.8 Å². The summed E-state index contributed by atoms with van der Waals surface area (Å²) in [5.41, 5.74) is 2.02. The van der Waals surface area contributed by atoms with E-state index in [1.165, 1.54) is 19.0 Å². The number of methoxy groups -OCH3 is 1. The van der Waals surface area contributed by atoms with Crippen molar-refractivity contribution in [1.29, 1.82) is 0 Å². The average molecular weight is 260 g/mol. The molecule has 1 unspecified atom stereocenters. The van der Waals surface area contributed by atoms with Gasteiger partial charge >= 0.3 is 5.97 Å². The molecular formula is C13H16N4O2. The third kappa shape index (κ3) is 2.79. The van der Waals surface area contributed by atoms with E-state index in [1.54, 1.807) is 4.68 Å². The highest BCUT2D eigenvalue weighted by Gasteiger charge is 2.12. The zero-order valence-corrected chi connectivity index (χ0v) is 11.1. The normalized spacial score (nSPS) is 12.2. The van der Waals surface area contributed by atoms with Crippen LogP contribution in [0.4, 0.5) is 0 Å². The molecule has 0 aliphatic rings. The topological polar surface area (TPSA) is 69.0 Å². The van der Waals surface area contributed by atoms with Crippen molar-refractivity contribution in [3.63, 3.8) is 0 Å². The minimum absolute atomic E-state index is 0.0511. The molecule has 0 radical (unpaired) electrons. The van der Waals surface area contributed by atoms with E-state index < -0.39 is 5.97 Å². The maximum atomic E-state index is 11.3. The molecule has 0 spiro atoms. The van der Waals surface area contributed by atoms with Crippen LogP contribution in [-0.4, -0.2) is 34.9 Å². The van der Waals surface area contributed by atoms with Gasteiger partial charge in [-0.15, -0.1) is 5.10 Å². The molecule has 0 saturated carbocycles. The highest BCUT2D eigenvalue weighted by atomic mass is 16.5. The zero-order valence-electron chi connectivity index (χ0n) is 11.1. The van der Waals surface area contributed by atoms with Crippen molar-refractivity contribution in [2.75, 3.05) is 14.2 Å². The van der Waals surface area contributed by atoms with E-state index >= 15 is 0 Å². The Hall–Kier alpha value is -2.21. The summed E-state index contributed by atoms with van der Waals surface area (Å²) in [6.07, 6.45) is 1.49. The van der Waals surface area contributed by atoms with Gasteiger partial charge in [-0.1, -0.05) is 12.1 Å². The zero-order chi connectivity index (χ0) is 13.8. The highest BCUT2D eigenvalue weighted by molar-refractivity contribution is 5.84. The summed E-state index contributed by atoms with van der Waals surface area (Å²) in [6, 6.07) is 8.17. The third-order valence-electron chi connectivity index (χ3n) is 2.95. The predicted octanol–water partition coefficient (Wildman–Crippen LogP) is 1.33. The lowest BCUT2D eigenvalue weighted by molar-refractivity contribution is 0.0587. The van der Waals surface area contributed by atoms with E-state index in [-0.39, 0.29) is 11.9 Å². The van der Waals surface area contributed by atoms with E-state index in [4.69, 9.17) is 0 Å². The van der Waals surface area contributed by atoms with E-state index in [0.29, 0.717) is 0 Å². The lowest BCUT2D eigenvalue weighted by Gasteiger charge is -2.10. The summed E-state index contributed by atoms with van der Waals surface area (Å²) >= 11 is 0. The number of nitrogens with one attached hydrogen (secondary N) is 1. The fourth-order valence-electron chi connectivity index (χ4n) is 1.65. The fourth-order valence-corrected chi connectivity index (χ4v) is 1.65. The van der Waals surface area contributed by atoms with Gasteiger partial charge in [0.1, 0.15) is 6.33 Å². The van der Waals surface area contributed by atoms with Crippen LogP contribution in [0.15, 0.2) is 30.6 Å². The molecular weight excluding hydrogens is 244 g/mol. The van der Waals surface area contributed by atoms with Crippen molar-refractivity contribution in [3.05, 3.63) is 42.0 Å². The Morgan fingerprint density at radius 3 is 2.63 bits per heavy atom. The second-order valence-corrected chi connectivity index (χ2v) is 4.11. The van der Waals surface area contributed by atoms with Crippen molar-refractivity contribution in [2.24, 2.45) is 0 Å². The van der Waals surface area contributed by atoms with Crippen molar-refractivity contribution < 1.29 is 9.53 Å². The number of rotatable bonds is 4. The van der Waals surface area contributed by atoms with Crippen LogP contribution in [0, 0.1) is 0 Å². The van der Waals surface area contributed by atoms with Gasteiger partial charge < -0.3 is 10.1 Å². The molecule has 1 N–H and O–H groups in total. The molecule has 6 nitrogen and oxygen atoms in total. The maximum Gasteiger partial charge on any atom is 0.377 e. The molecule has 6 heteroatoms. The van der Waals surface area contributed by atoms with Crippen LogP contribution in [0.25, 0.3) is 5.69 Å². The largest absolute Gasteiger partial charge is 0.463 e. The van der Waals surface area contributed by atoms with Gasteiger partial charge in [-0.2, -0.15) is 0 Å². The van der Waals surface area contributed by atoms with Gasteiger partial charge in [0.15, 0.2) is 0 Å². The number of hydrogen-bond acceptors (Lipinski definition) is 5. The van der Waals surface area contributed by atoms with Crippen LogP contribution >= 0.6 is 0 Å². The Bertz CT molecular complexity index is 562. The molecule has 0 fully saturated rings. The van der Waals surface area contributed by atoms with Crippen molar-refractivity contribution in [1.82, 2.24) is 20.1 Å². The fraction of sp³-hybridized carbons (Fsp3) is 0.308. The van der Waals surface area contributed by atoms with Crippen molar-refractivity contribution in [2.45, 2.75) is 13.0 Å². The van der Waals surface area contributed by atoms with Gasteiger partial charge in [0.25, 0.3) is 5.82 Å². The number of carbonyl (C=O) groups is 1. The monoisotopic (exact) mass is 260 g/mol. The van der Waals surface area contributed by atoms with E-state index in [9.17, 15) is 4.79 Å². The van der Waals surface area contributed by atoms with Crippen LogP contribution in [0.5, 0.6) is 0 Å². The number of carbonyl (C=O) groups excluding carboxylic acids is 1. The predicted molar refractivity (Wildman–Crippen MR) is 70.2 cm³/mol. The van der Waals surface area contributed by atoms with E-state index in [1.807, 2.05) is 31.3 Å². The molecule has 0 saturated heterocycles. The minimum Gasteiger partial charge on any atom is -0.463 e. The number of aromatic nitrogens is 3. The van der Waals surface area contributed by atoms with Crippen molar-refractivity contribution in [3.8, 4) is 5.69 Å². The Morgan fingerprint density at radius 1 is 1.37 bits per heavy atom. The number of ether oxygens (including phenoxy) is 1. The smallest absolute Gasteiger partial charge is 0.377 e. The molecule has 0 amide bonds. The van der Waals surface area contributed by atoms with Gasteiger partial charge in [0.2, 0.25) is 0 Å². The maximum absolute atomic E-state index is 11.3. The molecule has 2 aromatic rings. The van der Waals surface area contributed by atoms with Crippen molar-refractivity contribution >= 4 is 5.97 Å². The second kappa shape index (κ2) is 5.62. The summed E-state index contributed by atoms with van der Waals surface area (Å²) in [7, 11) is 3.22. The number of benzene rings is 1. The van der Waals surface area contributed by atoms with Gasteiger partial charge in [-0.25, -0.2) is 14.5 Å². The first-order valence-corrected chi connectivity index (χ1v) is 5.93. The molecule has 0 aliphatic carbocycles. The van der Waals surface area contributed by atoms with Crippen LogP contribution in [0.1, 0.15) is 29.1 Å². The summed E-state index contributed by atoms with van der Waals surface area (Å²) in [5.74, 6) is -0.491. The first-order chi connectivity index (χ1) is 9.15. The van der Waals surface area contributed by atoms with Crippen LogP contribution < -0.4 is 5.32 Å². The molecule has 19 heavy (non-hydrogen) atoms. The Morgan fingerprint density at radius 2 is 2.05 bits per heavy atom. The highest BCUT2D eigenvalue weighted by Crippen LogP contribution is 2.14. The lowest BCUT2D eigenvalue weighted by Crippen LogP contribution is -2.12. The number of esters is 1. The Balaban J connectivity index is 2.22. The molecule has 1 aromatic carbocycles. The van der Waals surface area contributed by atoms with E-state index in [2.05, 4.69) is 27.1 Å². The minimum atomic E-state index is -0.542. The first-order valence-electron chi connectivity index (χ1n) is 5.93. The molecule has 100 valence electrons. The van der Waals surface area contributed by atoms with Crippen LogP contribution in [0.2, 0.25) is 0 Å². The summed E-state index contributed by atoms with van der Waals surface area (Å²) in [5, 5.41) is 7.23. The second-order valence-electron chi connectivity index (χ2n) is 4.11. The average Bonchev–Trinajstić information content (AvgIpc) is 2.95. The van der Waals surface area contributed by atoms with Gasteiger partial charge in [0, 0.05) is 6.04 Å². The first kappa shape index (κ1) is 13.2. The number of hydrogen-bond donors (Lipinski definition) is 1. The Labute approximate surface area is 111 Å². The number of nitrogens with zero attached hydrogens (tertiary/aromatic N) is 3. The molecule has 1 aromatic heterocycles. The summed E-state index contributed by atoms with van der Waals surface area (Å²) in [4.78, 5) is 15.2. The van der Waals surface area contributed by atoms with Gasteiger partial charge in [-0.05, 0) is 31.7 Å². The SMILES string of the molecule is CNC(C)c1ccc(-n2cnc(C(=O)OC)n2)cc1. The third-order valence-corrected chi connectivity index (χ3v) is 2.95. The molecule has 2 rings (SSSR count). The summed E-state index contributed by atoms with van der Waals surface area (Å²) in [6.45, 7) is 2.08. The standard InChI is InChI=1S/C13H16N4O2/c1-9(14-2)10-4-6-11(7-5-10)17-8-15-12(16-17)13(18)19-3/h4-9,14H,1-3H3. The summed E-state index contributed by atoms with van der Waals surface area (Å²) < 4.78 is 6.11. The molecule has 1 atom stereocenters. The Kier molecular flexibility index (Phi) is 3.91. The quantitative estimate of drug-likeness (QED) is 0.840. The van der Waals surface area contributed by atoms with Crippen LogP contribution in [0.3, 0.4) is 0 Å². The molecule has 0 bridgehead atoms.